The second-order valence-corrected chi connectivity index (χ2v) is 4.80. The molecule has 0 unspecified atom stereocenters. The zero-order chi connectivity index (χ0) is 11.8. The first-order chi connectivity index (χ1) is 7.47. The summed E-state index contributed by atoms with van der Waals surface area (Å²) in [7, 11) is 0. The summed E-state index contributed by atoms with van der Waals surface area (Å²) >= 11 is 1.05. The van der Waals surface area contributed by atoms with Crippen molar-refractivity contribution in [3.8, 4) is 0 Å². The van der Waals surface area contributed by atoms with E-state index in [2.05, 4.69) is 11.9 Å². The standard InChI is InChI=1S/C10H12F3N2S/c1-7-3-2-4-15(5-7)9-14-8(6-16-9)10(11,12)13/h6-7H,1-5H2/t7-/m0/s1. The van der Waals surface area contributed by atoms with Crippen LogP contribution in [0.3, 0.4) is 0 Å². The van der Waals surface area contributed by atoms with E-state index in [0.29, 0.717) is 11.7 Å². The third-order valence-corrected chi connectivity index (χ3v) is 3.47. The van der Waals surface area contributed by atoms with Gasteiger partial charge in [-0.3, -0.25) is 0 Å². The Morgan fingerprint density at radius 2 is 2.25 bits per heavy atom. The van der Waals surface area contributed by atoms with Crippen LogP contribution in [-0.4, -0.2) is 18.1 Å². The minimum absolute atomic E-state index is 0.284. The number of aromatic nitrogens is 1. The predicted molar refractivity (Wildman–Crippen MR) is 57.4 cm³/mol. The molecule has 89 valence electrons. The molecule has 1 aliphatic rings. The van der Waals surface area contributed by atoms with Gasteiger partial charge in [0.2, 0.25) is 0 Å². The molecule has 16 heavy (non-hydrogen) atoms. The molecule has 0 saturated carbocycles. The number of anilines is 1. The van der Waals surface area contributed by atoms with Gasteiger partial charge in [0.05, 0.1) is 0 Å². The van der Waals surface area contributed by atoms with E-state index < -0.39 is 11.9 Å². The van der Waals surface area contributed by atoms with Crippen molar-refractivity contribution in [1.29, 1.82) is 0 Å². The zero-order valence-corrected chi connectivity index (χ0v) is 9.44. The summed E-state index contributed by atoms with van der Waals surface area (Å²) in [5, 5.41) is 1.53. The third-order valence-electron chi connectivity index (χ3n) is 2.57. The van der Waals surface area contributed by atoms with Crippen LogP contribution in [0.25, 0.3) is 0 Å². The highest BCUT2D eigenvalue weighted by Crippen LogP contribution is 2.34. The van der Waals surface area contributed by atoms with Gasteiger partial charge >= 0.3 is 6.18 Å². The number of piperidine rings is 1. The number of rotatable bonds is 1. The highest BCUT2D eigenvalue weighted by molar-refractivity contribution is 7.13. The highest BCUT2D eigenvalue weighted by atomic mass is 32.1. The van der Waals surface area contributed by atoms with E-state index in [-0.39, 0.29) is 5.92 Å². The molecule has 1 aromatic heterocycles. The van der Waals surface area contributed by atoms with Gasteiger partial charge in [-0.15, -0.1) is 11.3 Å². The number of halogens is 3. The van der Waals surface area contributed by atoms with Crippen LogP contribution in [0.1, 0.15) is 18.5 Å². The maximum absolute atomic E-state index is 12.4. The monoisotopic (exact) mass is 249 g/mol. The van der Waals surface area contributed by atoms with Crippen LogP contribution in [-0.2, 0) is 6.18 Å². The fraction of sp³-hybridized carbons (Fsp3) is 0.600. The van der Waals surface area contributed by atoms with E-state index in [1.807, 2.05) is 4.90 Å². The Balaban J connectivity index is 2.12. The lowest BCUT2D eigenvalue weighted by Gasteiger charge is -2.30. The predicted octanol–water partition coefficient (Wildman–Crippen LogP) is 3.21. The fourth-order valence-electron chi connectivity index (χ4n) is 1.78. The third kappa shape index (κ3) is 2.48. The Kier molecular flexibility index (Phi) is 3.10. The van der Waals surface area contributed by atoms with Crippen molar-refractivity contribution in [1.82, 2.24) is 4.98 Å². The maximum Gasteiger partial charge on any atom is 0.434 e. The minimum Gasteiger partial charge on any atom is -0.348 e. The van der Waals surface area contributed by atoms with Crippen LogP contribution >= 0.6 is 11.3 Å². The summed E-state index contributed by atoms with van der Waals surface area (Å²) in [5.41, 5.74) is -0.793. The van der Waals surface area contributed by atoms with Gasteiger partial charge in [-0.1, -0.05) is 0 Å². The summed E-state index contributed by atoms with van der Waals surface area (Å²) in [4.78, 5) is 5.52. The molecule has 1 saturated heterocycles. The molecular weight excluding hydrogens is 237 g/mol. The van der Waals surface area contributed by atoms with Crippen molar-refractivity contribution in [2.45, 2.75) is 19.0 Å². The zero-order valence-electron chi connectivity index (χ0n) is 8.63. The van der Waals surface area contributed by atoms with Gasteiger partial charge < -0.3 is 4.90 Å². The smallest absolute Gasteiger partial charge is 0.348 e. The van der Waals surface area contributed by atoms with Gasteiger partial charge in [0, 0.05) is 18.5 Å². The Morgan fingerprint density at radius 1 is 1.50 bits per heavy atom. The number of hydrogen-bond donors (Lipinski definition) is 0. The molecule has 2 rings (SSSR count). The van der Waals surface area contributed by atoms with E-state index in [4.69, 9.17) is 0 Å². The van der Waals surface area contributed by atoms with Crippen LogP contribution in [0.2, 0.25) is 0 Å². The molecule has 1 aliphatic heterocycles. The number of thiazole rings is 1. The largest absolute Gasteiger partial charge is 0.434 e. The molecule has 1 radical (unpaired) electrons. The fourth-order valence-corrected chi connectivity index (χ4v) is 2.65. The molecular formula is C10H12F3N2S. The van der Waals surface area contributed by atoms with Gasteiger partial charge in [-0.2, -0.15) is 13.2 Å². The lowest BCUT2D eigenvalue weighted by atomic mass is 10.0. The molecule has 0 bridgehead atoms. The minimum atomic E-state index is -4.34. The van der Waals surface area contributed by atoms with E-state index >= 15 is 0 Å². The Bertz CT molecular complexity index is 361. The molecule has 1 atom stereocenters. The highest BCUT2D eigenvalue weighted by Gasteiger charge is 2.34. The van der Waals surface area contributed by atoms with E-state index in [1.165, 1.54) is 0 Å². The lowest BCUT2D eigenvalue weighted by Crippen LogP contribution is -2.34. The SMILES string of the molecule is [CH2][C@H]1CCCN(c2nc(C(F)(F)F)cs2)C1. The van der Waals surface area contributed by atoms with Gasteiger partial charge in [0.15, 0.2) is 10.8 Å². The van der Waals surface area contributed by atoms with Crippen LogP contribution in [0, 0.1) is 12.8 Å². The number of hydrogen-bond acceptors (Lipinski definition) is 3. The average Bonchev–Trinajstić information content (AvgIpc) is 2.65. The molecule has 2 nitrogen and oxygen atoms in total. The van der Waals surface area contributed by atoms with Crippen LogP contribution in [0.5, 0.6) is 0 Å². The molecule has 2 heterocycles. The Morgan fingerprint density at radius 3 is 2.81 bits per heavy atom. The summed E-state index contributed by atoms with van der Waals surface area (Å²) in [5.74, 6) is 0.284. The molecule has 1 aromatic rings. The van der Waals surface area contributed by atoms with Crippen LogP contribution < -0.4 is 4.90 Å². The Hall–Kier alpha value is -0.780. The second-order valence-electron chi connectivity index (χ2n) is 3.97. The molecule has 0 N–H and O–H groups in total. The Labute approximate surface area is 96.1 Å². The number of nitrogens with zero attached hydrogens (tertiary/aromatic N) is 2. The second kappa shape index (κ2) is 4.24. The summed E-state index contributed by atoms with van der Waals surface area (Å²) in [6.07, 6.45) is -2.34. The summed E-state index contributed by atoms with van der Waals surface area (Å²) in [6.45, 7) is 5.42. The van der Waals surface area contributed by atoms with E-state index in [9.17, 15) is 13.2 Å². The molecule has 6 heteroatoms. The quantitative estimate of drug-likeness (QED) is 0.759. The van der Waals surface area contributed by atoms with Crippen molar-refractivity contribution in [2.75, 3.05) is 18.0 Å². The number of alkyl halides is 3. The topological polar surface area (TPSA) is 16.1 Å². The lowest BCUT2D eigenvalue weighted by molar-refractivity contribution is -0.140. The van der Waals surface area contributed by atoms with E-state index in [1.54, 1.807) is 0 Å². The molecule has 0 amide bonds. The van der Waals surface area contributed by atoms with Gasteiger partial charge in [-0.25, -0.2) is 4.98 Å². The van der Waals surface area contributed by atoms with E-state index in [0.717, 1.165) is 36.1 Å². The van der Waals surface area contributed by atoms with Crippen molar-refractivity contribution >= 4 is 16.5 Å². The van der Waals surface area contributed by atoms with Crippen LogP contribution in [0.4, 0.5) is 18.3 Å². The van der Waals surface area contributed by atoms with Crippen molar-refractivity contribution in [2.24, 2.45) is 5.92 Å². The van der Waals surface area contributed by atoms with Gasteiger partial charge in [0.25, 0.3) is 0 Å². The van der Waals surface area contributed by atoms with Crippen LogP contribution in [0.15, 0.2) is 5.38 Å². The molecule has 0 spiro atoms. The molecule has 1 fully saturated rings. The van der Waals surface area contributed by atoms with Gasteiger partial charge in [0.1, 0.15) is 0 Å². The molecule has 0 aliphatic carbocycles. The average molecular weight is 249 g/mol. The van der Waals surface area contributed by atoms with Crippen molar-refractivity contribution < 1.29 is 13.2 Å². The maximum atomic E-state index is 12.4. The van der Waals surface area contributed by atoms with Crippen molar-refractivity contribution in [3.05, 3.63) is 18.0 Å². The van der Waals surface area contributed by atoms with Gasteiger partial charge in [-0.05, 0) is 25.7 Å². The van der Waals surface area contributed by atoms with Crippen molar-refractivity contribution in [3.63, 3.8) is 0 Å². The summed E-state index contributed by atoms with van der Waals surface area (Å²) in [6, 6.07) is 0. The first-order valence-electron chi connectivity index (χ1n) is 5.07. The molecule has 0 aromatic carbocycles. The summed E-state index contributed by atoms with van der Waals surface area (Å²) < 4.78 is 37.1. The normalized spacial score (nSPS) is 22.5. The first kappa shape index (κ1) is 11.7. The first-order valence-corrected chi connectivity index (χ1v) is 5.95.